The minimum Gasteiger partial charge on any atom is -0.352 e. The molecule has 0 bridgehead atoms. The fourth-order valence-corrected chi connectivity index (χ4v) is 3.83. The molecule has 0 radical (unpaired) electrons. The standard InChI is InChI=1S/C26H24ClN3O2/c1-18(11-12-19-7-3-2-4-8-19)28-24(31)17-30-23-10-6-5-9-22(23)29-26(30)25(32)20-13-15-21(27)16-14-20/h2-10,13-16,18H,11-12,17H2,1H3,(H,28,31)/t18-/m1/s1. The van der Waals surface area contributed by atoms with Gasteiger partial charge in [0.05, 0.1) is 11.0 Å². The van der Waals surface area contributed by atoms with Crippen LogP contribution in [0.4, 0.5) is 0 Å². The summed E-state index contributed by atoms with van der Waals surface area (Å²) in [6.45, 7) is 2.01. The van der Waals surface area contributed by atoms with E-state index in [1.54, 1.807) is 28.8 Å². The summed E-state index contributed by atoms with van der Waals surface area (Å²) in [5.74, 6) is -0.165. The van der Waals surface area contributed by atoms with Crippen molar-refractivity contribution in [1.29, 1.82) is 0 Å². The van der Waals surface area contributed by atoms with Crippen molar-refractivity contribution >= 4 is 34.3 Å². The maximum atomic E-state index is 13.2. The molecule has 0 aliphatic carbocycles. The minimum absolute atomic E-state index is 0.00732. The second-order valence-corrected chi connectivity index (χ2v) is 8.28. The second-order valence-electron chi connectivity index (χ2n) is 7.84. The molecule has 4 rings (SSSR count). The Morgan fingerprint density at radius 3 is 2.41 bits per heavy atom. The largest absolute Gasteiger partial charge is 0.352 e. The molecule has 32 heavy (non-hydrogen) atoms. The number of carbonyl (C=O) groups is 2. The highest BCUT2D eigenvalue weighted by Crippen LogP contribution is 2.20. The van der Waals surface area contributed by atoms with Crippen molar-refractivity contribution in [1.82, 2.24) is 14.9 Å². The van der Waals surface area contributed by atoms with E-state index < -0.39 is 0 Å². The zero-order valence-corrected chi connectivity index (χ0v) is 18.5. The average Bonchev–Trinajstić information content (AvgIpc) is 3.16. The number of imidazole rings is 1. The quantitative estimate of drug-likeness (QED) is 0.385. The van der Waals surface area contributed by atoms with Gasteiger partial charge in [-0.3, -0.25) is 9.59 Å². The summed E-state index contributed by atoms with van der Waals surface area (Å²) >= 11 is 5.95. The molecule has 0 aliphatic rings. The van der Waals surface area contributed by atoms with Gasteiger partial charge in [-0.15, -0.1) is 0 Å². The summed E-state index contributed by atoms with van der Waals surface area (Å²) in [6, 6.07) is 24.3. The van der Waals surface area contributed by atoms with Crippen molar-refractivity contribution < 1.29 is 9.59 Å². The second kappa shape index (κ2) is 9.79. The van der Waals surface area contributed by atoms with Crippen molar-refractivity contribution in [3.8, 4) is 0 Å². The summed E-state index contributed by atoms with van der Waals surface area (Å²) in [4.78, 5) is 30.5. The van der Waals surface area contributed by atoms with Gasteiger partial charge in [0, 0.05) is 16.6 Å². The molecule has 0 unspecified atom stereocenters. The van der Waals surface area contributed by atoms with Gasteiger partial charge in [0.1, 0.15) is 6.54 Å². The summed E-state index contributed by atoms with van der Waals surface area (Å²) < 4.78 is 1.69. The number of hydrogen-bond donors (Lipinski definition) is 1. The Kier molecular flexibility index (Phi) is 6.66. The Morgan fingerprint density at radius 2 is 1.66 bits per heavy atom. The van der Waals surface area contributed by atoms with Crippen LogP contribution in [0, 0.1) is 0 Å². The summed E-state index contributed by atoms with van der Waals surface area (Å²) in [5.41, 5.74) is 3.14. The molecule has 1 atom stereocenters. The lowest BCUT2D eigenvalue weighted by molar-refractivity contribution is -0.122. The Labute approximate surface area is 192 Å². The summed E-state index contributed by atoms with van der Waals surface area (Å²) in [7, 11) is 0. The van der Waals surface area contributed by atoms with Crippen LogP contribution < -0.4 is 5.32 Å². The number of ketones is 1. The number of rotatable bonds is 8. The van der Waals surface area contributed by atoms with Gasteiger partial charge in [0.15, 0.2) is 5.82 Å². The fourth-order valence-electron chi connectivity index (χ4n) is 3.70. The minimum atomic E-state index is -0.247. The Balaban J connectivity index is 1.51. The zero-order chi connectivity index (χ0) is 22.5. The Hall–Kier alpha value is -3.44. The SMILES string of the molecule is C[C@H](CCc1ccccc1)NC(=O)Cn1c(C(=O)c2ccc(Cl)cc2)nc2ccccc21. The molecule has 1 N–H and O–H groups in total. The maximum absolute atomic E-state index is 13.2. The molecule has 1 amide bonds. The van der Waals surface area contributed by atoms with Gasteiger partial charge in [-0.1, -0.05) is 54.1 Å². The molecule has 3 aromatic carbocycles. The van der Waals surface area contributed by atoms with Crippen LogP contribution in [0.2, 0.25) is 5.02 Å². The number of para-hydroxylation sites is 2. The van der Waals surface area contributed by atoms with Crippen molar-refractivity contribution in [2.24, 2.45) is 0 Å². The van der Waals surface area contributed by atoms with Crippen LogP contribution in [0.3, 0.4) is 0 Å². The number of amides is 1. The first-order valence-electron chi connectivity index (χ1n) is 10.6. The van der Waals surface area contributed by atoms with E-state index in [1.165, 1.54) is 5.56 Å². The van der Waals surface area contributed by atoms with E-state index in [0.717, 1.165) is 18.4 Å². The van der Waals surface area contributed by atoms with Crippen LogP contribution in [0.15, 0.2) is 78.9 Å². The van der Waals surface area contributed by atoms with E-state index in [0.29, 0.717) is 16.1 Å². The number of fused-ring (bicyclic) bond motifs is 1. The monoisotopic (exact) mass is 445 g/mol. The van der Waals surface area contributed by atoms with Crippen molar-refractivity contribution in [2.45, 2.75) is 32.4 Å². The highest BCUT2D eigenvalue weighted by atomic mass is 35.5. The molecular weight excluding hydrogens is 422 g/mol. The maximum Gasteiger partial charge on any atom is 0.240 e. The van der Waals surface area contributed by atoms with Crippen LogP contribution in [0.5, 0.6) is 0 Å². The van der Waals surface area contributed by atoms with Crippen molar-refractivity contribution in [3.63, 3.8) is 0 Å². The third-order valence-electron chi connectivity index (χ3n) is 5.38. The number of aryl methyl sites for hydroxylation is 1. The smallest absolute Gasteiger partial charge is 0.240 e. The number of hydrogen-bond acceptors (Lipinski definition) is 3. The van der Waals surface area contributed by atoms with E-state index in [1.807, 2.05) is 49.4 Å². The van der Waals surface area contributed by atoms with E-state index in [2.05, 4.69) is 22.4 Å². The zero-order valence-electron chi connectivity index (χ0n) is 17.8. The third-order valence-corrected chi connectivity index (χ3v) is 5.63. The predicted molar refractivity (Wildman–Crippen MR) is 127 cm³/mol. The van der Waals surface area contributed by atoms with Gasteiger partial charge in [-0.25, -0.2) is 4.98 Å². The van der Waals surface area contributed by atoms with Gasteiger partial charge in [0.2, 0.25) is 11.7 Å². The Bertz CT molecular complexity index is 1230. The van der Waals surface area contributed by atoms with E-state index in [-0.39, 0.29) is 30.1 Å². The molecule has 162 valence electrons. The number of nitrogens with one attached hydrogen (secondary N) is 1. The van der Waals surface area contributed by atoms with Crippen molar-refractivity contribution in [3.05, 3.63) is 101 Å². The summed E-state index contributed by atoms with van der Waals surface area (Å²) in [6.07, 6.45) is 1.72. The first-order chi connectivity index (χ1) is 15.5. The van der Waals surface area contributed by atoms with Crippen LogP contribution >= 0.6 is 11.6 Å². The first-order valence-corrected chi connectivity index (χ1v) is 11.0. The molecule has 0 spiro atoms. The lowest BCUT2D eigenvalue weighted by Gasteiger charge is -2.15. The number of carbonyl (C=O) groups excluding carboxylic acids is 2. The number of halogens is 1. The molecule has 6 heteroatoms. The molecule has 1 aromatic heterocycles. The molecule has 0 aliphatic heterocycles. The molecule has 5 nitrogen and oxygen atoms in total. The lowest BCUT2D eigenvalue weighted by atomic mass is 10.1. The van der Waals surface area contributed by atoms with Gasteiger partial charge in [-0.05, 0) is 61.7 Å². The van der Waals surface area contributed by atoms with E-state index in [4.69, 9.17) is 11.6 Å². The normalized spacial score (nSPS) is 11.9. The molecule has 0 saturated carbocycles. The highest BCUT2D eigenvalue weighted by Gasteiger charge is 2.21. The Morgan fingerprint density at radius 1 is 0.969 bits per heavy atom. The topological polar surface area (TPSA) is 64.0 Å². The summed E-state index contributed by atoms with van der Waals surface area (Å²) in [5, 5.41) is 3.60. The number of benzene rings is 3. The molecule has 4 aromatic rings. The van der Waals surface area contributed by atoms with E-state index >= 15 is 0 Å². The lowest BCUT2D eigenvalue weighted by Crippen LogP contribution is -2.36. The van der Waals surface area contributed by atoms with Gasteiger partial charge in [0.25, 0.3) is 0 Å². The van der Waals surface area contributed by atoms with Gasteiger partial charge in [-0.2, -0.15) is 0 Å². The highest BCUT2D eigenvalue weighted by molar-refractivity contribution is 6.30. The van der Waals surface area contributed by atoms with Gasteiger partial charge >= 0.3 is 0 Å². The average molecular weight is 446 g/mol. The van der Waals surface area contributed by atoms with Crippen molar-refractivity contribution in [2.75, 3.05) is 0 Å². The first kappa shape index (κ1) is 21.8. The fraction of sp³-hybridized carbons (Fsp3) is 0.192. The molecular formula is C26H24ClN3O2. The molecule has 0 fully saturated rings. The molecule has 0 saturated heterocycles. The predicted octanol–water partition coefficient (Wildman–Crippen LogP) is 5.06. The van der Waals surface area contributed by atoms with Crippen LogP contribution in [-0.2, 0) is 17.8 Å². The van der Waals surface area contributed by atoms with Crippen LogP contribution in [0.25, 0.3) is 11.0 Å². The number of nitrogens with zero attached hydrogens (tertiary/aromatic N) is 2. The molecule has 1 heterocycles. The third kappa shape index (κ3) is 5.06. The van der Waals surface area contributed by atoms with Crippen LogP contribution in [0.1, 0.15) is 35.1 Å². The van der Waals surface area contributed by atoms with E-state index in [9.17, 15) is 9.59 Å². The van der Waals surface area contributed by atoms with Crippen LogP contribution in [-0.4, -0.2) is 27.3 Å². The van der Waals surface area contributed by atoms with Gasteiger partial charge < -0.3 is 9.88 Å². The number of aromatic nitrogens is 2.